The highest BCUT2D eigenvalue weighted by Crippen LogP contribution is 2.59. The summed E-state index contributed by atoms with van der Waals surface area (Å²) in [6, 6.07) is 5.55. The second kappa shape index (κ2) is 6.88. The molecule has 8 heteroatoms. The Labute approximate surface area is 198 Å². The summed E-state index contributed by atoms with van der Waals surface area (Å²) in [6.45, 7) is 7.86. The van der Waals surface area contributed by atoms with Gasteiger partial charge < -0.3 is 20.5 Å². The highest BCUT2D eigenvalue weighted by Gasteiger charge is 2.63. The molecule has 1 spiro atoms. The van der Waals surface area contributed by atoms with Crippen molar-refractivity contribution >= 4 is 28.4 Å². The van der Waals surface area contributed by atoms with E-state index < -0.39 is 11.1 Å². The fourth-order valence-electron chi connectivity index (χ4n) is 4.95. The standard InChI is InChI=1S/C26H29N5O3/c1-24(2,27)18-13-29-22(33-14-5-6-14)17-12-28-20(11-16(17)18)30-19-8-7-15-21(31-19)26(9-10-26)25(3,4)34-23(15)32/h7-8,11-14H,5-6,9-10,27H2,1-4H3,(H,28,30,31). The van der Waals surface area contributed by atoms with Crippen LogP contribution < -0.4 is 15.8 Å². The first-order chi connectivity index (χ1) is 16.1. The number of cyclic esters (lactones) is 1. The number of anilines is 2. The van der Waals surface area contributed by atoms with Gasteiger partial charge in [0.05, 0.1) is 22.1 Å². The number of esters is 1. The largest absolute Gasteiger partial charge is 0.474 e. The van der Waals surface area contributed by atoms with Gasteiger partial charge in [-0.25, -0.2) is 19.7 Å². The lowest BCUT2D eigenvalue weighted by atomic mass is 9.80. The zero-order valence-electron chi connectivity index (χ0n) is 19.9. The molecule has 8 nitrogen and oxygen atoms in total. The lowest BCUT2D eigenvalue weighted by Gasteiger charge is -2.39. The summed E-state index contributed by atoms with van der Waals surface area (Å²) in [7, 11) is 0. The van der Waals surface area contributed by atoms with E-state index in [9.17, 15) is 4.79 Å². The highest BCUT2D eigenvalue weighted by molar-refractivity contribution is 5.94. The van der Waals surface area contributed by atoms with Gasteiger partial charge in [0.2, 0.25) is 5.88 Å². The summed E-state index contributed by atoms with van der Waals surface area (Å²) in [5.41, 5.74) is 7.36. The van der Waals surface area contributed by atoms with Gasteiger partial charge in [0.15, 0.2) is 0 Å². The van der Waals surface area contributed by atoms with Crippen molar-refractivity contribution in [1.82, 2.24) is 15.0 Å². The van der Waals surface area contributed by atoms with E-state index in [1.54, 1.807) is 24.5 Å². The molecule has 0 saturated heterocycles. The number of nitrogens with zero attached hydrogens (tertiary/aromatic N) is 3. The van der Waals surface area contributed by atoms with E-state index in [0.29, 0.717) is 23.1 Å². The summed E-state index contributed by atoms with van der Waals surface area (Å²) >= 11 is 0. The van der Waals surface area contributed by atoms with Crippen LogP contribution >= 0.6 is 0 Å². The molecule has 176 valence electrons. The van der Waals surface area contributed by atoms with Crippen LogP contribution in [0.25, 0.3) is 10.8 Å². The Morgan fingerprint density at radius 3 is 2.56 bits per heavy atom. The molecule has 0 bridgehead atoms. The first kappa shape index (κ1) is 21.3. The summed E-state index contributed by atoms with van der Waals surface area (Å²) in [4.78, 5) is 26.6. The Morgan fingerprint density at radius 1 is 1.12 bits per heavy atom. The molecule has 3 aromatic heterocycles. The average Bonchev–Trinajstić information content (AvgIpc) is 3.67. The van der Waals surface area contributed by atoms with Crippen molar-refractivity contribution in [1.29, 1.82) is 0 Å². The number of rotatable bonds is 5. The van der Waals surface area contributed by atoms with Crippen molar-refractivity contribution in [3.8, 4) is 5.88 Å². The van der Waals surface area contributed by atoms with Crippen LogP contribution in [-0.2, 0) is 15.7 Å². The maximum absolute atomic E-state index is 12.6. The number of fused-ring (bicyclic) bond motifs is 3. The SMILES string of the molecule is CC(C)(N)c1cnc(OC2CC2)c2cnc(Nc3ccc4c(n3)C3(CC3)C(C)(C)OC4=O)cc12. The van der Waals surface area contributed by atoms with Gasteiger partial charge in [0, 0.05) is 17.9 Å². The van der Waals surface area contributed by atoms with Crippen LogP contribution in [0.4, 0.5) is 11.6 Å². The van der Waals surface area contributed by atoms with Gasteiger partial charge in [-0.1, -0.05) is 0 Å². The molecule has 0 unspecified atom stereocenters. The van der Waals surface area contributed by atoms with Crippen LogP contribution in [0.15, 0.2) is 30.6 Å². The van der Waals surface area contributed by atoms with Crippen molar-refractivity contribution < 1.29 is 14.3 Å². The lowest BCUT2D eigenvalue weighted by molar-refractivity contribution is -0.0285. The summed E-state index contributed by atoms with van der Waals surface area (Å²) in [5.74, 6) is 1.55. The molecule has 4 heterocycles. The molecule has 3 aliphatic rings. The number of carbonyl (C=O) groups is 1. The van der Waals surface area contributed by atoms with Crippen LogP contribution in [-0.4, -0.2) is 32.6 Å². The minimum Gasteiger partial charge on any atom is -0.474 e. The Balaban J connectivity index is 1.40. The minimum absolute atomic E-state index is 0.220. The lowest BCUT2D eigenvalue weighted by Crippen LogP contribution is -2.46. The third kappa shape index (κ3) is 3.31. The fraction of sp³-hybridized carbons (Fsp3) is 0.462. The third-order valence-electron chi connectivity index (χ3n) is 7.31. The smallest absolute Gasteiger partial charge is 0.340 e. The van der Waals surface area contributed by atoms with E-state index in [0.717, 1.165) is 47.7 Å². The van der Waals surface area contributed by atoms with E-state index >= 15 is 0 Å². The molecule has 2 aliphatic carbocycles. The van der Waals surface area contributed by atoms with Crippen LogP contribution in [0, 0.1) is 0 Å². The Morgan fingerprint density at radius 2 is 1.88 bits per heavy atom. The van der Waals surface area contributed by atoms with E-state index in [4.69, 9.17) is 20.2 Å². The van der Waals surface area contributed by atoms with Crippen LogP contribution in [0.3, 0.4) is 0 Å². The van der Waals surface area contributed by atoms with Crippen LogP contribution in [0.1, 0.15) is 75.0 Å². The molecular weight excluding hydrogens is 430 g/mol. The van der Waals surface area contributed by atoms with Crippen molar-refractivity contribution in [2.45, 2.75) is 76.0 Å². The van der Waals surface area contributed by atoms with Gasteiger partial charge in [-0.3, -0.25) is 0 Å². The second-order valence-electron chi connectivity index (χ2n) is 10.8. The third-order valence-corrected chi connectivity index (χ3v) is 7.31. The molecule has 34 heavy (non-hydrogen) atoms. The Hall–Kier alpha value is -3.26. The van der Waals surface area contributed by atoms with Crippen LogP contribution in [0.5, 0.6) is 5.88 Å². The molecule has 6 rings (SSSR count). The Kier molecular flexibility index (Phi) is 4.31. The first-order valence-corrected chi connectivity index (χ1v) is 11.8. The van der Waals surface area contributed by atoms with Crippen molar-refractivity contribution in [2.24, 2.45) is 5.73 Å². The monoisotopic (exact) mass is 459 g/mol. The molecule has 3 N–H and O–H groups in total. The predicted octanol–water partition coefficient (Wildman–Crippen LogP) is 4.48. The predicted molar refractivity (Wildman–Crippen MR) is 128 cm³/mol. The number of pyridine rings is 3. The number of carbonyl (C=O) groups excluding carboxylic acids is 1. The molecule has 0 amide bonds. The topological polar surface area (TPSA) is 112 Å². The summed E-state index contributed by atoms with van der Waals surface area (Å²) in [6.07, 6.45) is 7.82. The molecular formula is C26H29N5O3. The number of ether oxygens (including phenoxy) is 2. The minimum atomic E-state index is -0.587. The fourth-order valence-corrected chi connectivity index (χ4v) is 4.95. The Bertz CT molecular complexity index is 1340. The summed E-state index contributed by atoms with van der Waals surface area (Å²) < 4.78 is 11.7. The van der Waals surface area contributed by atoms with Crippen molar-refractivity contribution in [3.63, 3.8) is 0 Å². The van der Waals surface area contributed by atoms with Crippen LogP contribution in [0.2, 0.25) is 0 Å². The zero-order valence-corrected chi connectivity index (χ0v) is 19.9. The number of aromatic nitrogens is 3. The van der Waals surface area contributed by atoms with E-state index in [1.165, 1.54) is 0 Å². The average molecular weight is 460 g/mol. The van der Waals surface area contributed by atoms with E-state index in [-0.39, 0.29) is 17.5 Å². The number of nitrogens with two attached hydrogens (primary N) is 1. The maximum Gasteiger partial charge on any atom is 0.340 e. The van der Waals surface area contributed by atoms with Gasteiger partial charge in [0.1, 0.15) is 23.3 Å². The van der Waals surface area contributed by atoms with Gasteiger partial charge in [-0.2, -0.15) is 0 Å². The highest BCUT2D eigenvalue weighted by atomic mass is 16.6. The van der Waals surface area contributed by atoms with Crippen molar-refractivity contribution in [3.05, 3.63) is 47.4 Å². The van der Waals surface area contributed by atoms with Crippen molar-refractivity contribution in [2.75, 3.05) is 5.32 Å². The molecule has 1 aliphatic heterocycles. The molecule has 0 radical (unpaired) electrons. The number of hydrogen-bond acceptors (Lipinski definition) is 8. The quantitative estimate of drug-likeness (QED) is 0.537. The molecule has 2 saturated carbocycles. The molecule has 3 aromatic rings. The number of nitrogens with one attached hydrogen (secondary N) is 1. The zero-order chi connectivity index (χ0) is 23.9. The van der Waals surface area contributed by atoms with Gasteiger partial charge >= 0.3 is 5.97 Å². The van der Waals surface area contributed by atoms with Gasteiger partial charge in [-0.15, -0.1) is 0 Å². The maximum atomic E-state index is 12.6. The molecule has 0 atom stereocenters. The second-order valence-corrected chi connectivity index (χ2v) is 10.8. The van der Waals surface area contributed by atoms with E-state index in [2.05, 4.69) is 15.3 Å². The number of hydrogen-bond donors (Lipinski definition) is 2. The normalized spacial score (nSPS) is 20.1. The van der Waals surface area contributed by atoms with Gasteiger partial charge in [0.25, 0.3) is 0 Å². The first-order valence-electron chi connectivity index (χ1n) is 11.8. The summed E-state index contributed by atoms with van der Waals surface area (Å²) in [5, 5.41) is 5.11. The molecule has 2 fully saturated rings. The molecule has 0 aromatic carbocycles. The van der Waals surface area contributed by atoms with E-state index in [1.807, 2.05) is 33.8 Å². The van der Waals surface area contributed by atoms with Gasteiger partial charge in [-0.05, 0) is 82.5 Å².